The van der Waals surface area contributed by atoms with Crippen LogP contribution in [-0.2, 0) is 6.54 Å². The number of hydrogen-bond acceptors (Lipinski definition) is 4. The smallest absolute Gasteiger partial charge is 0.316 e. The van der Waals surface area contributed by atoms with E-state index in [-0.39, 0.29) is 12.2 Å². The minimum atomic E-state index is -0.235. The van der Waals surface area contributed by atoms with E-state index in [4.69, 9.17) is 5.73 Å². The van der Waals surface area contributed by atoms with E-state index in [1.165, 1.54) is 0 Å². The van der Waals surface area contributed by atoms with Gasteiger partial charge in [0.1, 0.15) is 0 Å². The maximum Gasteiger partial charge on any atom is 0.316 e. The molecule has 0 aliphatic heterocycles. The number of urea groups is 1. The zero-order valence-corrected chi connectivity index (χ0v) is 10.6. The summed E-state index contributed by atoms with van der Waals surface area (Å²) in [5.41, 5.74) is 7.29. The Morgan fingerprint density at radius 3 is 2.88 bits per heavy atom. The van der Waals surface area contributed by atoms with E-state index in [0.29, 0.717) is 18.0 Å². The van der Waals surface area contributed by atoms with Crippen LogP contribution >= 0.6 is 12.6 Å². The van der Waals surface area contributed by atoms with Crippen LogP contribution in [0.4, 0.5) is 10.5 Å². The number of rotatable bonds is 5. The van der Waals surface area contributed by atoms with E-state index in [1.807, 2.05) is 24.3 Å². The molecule has 0 bridgehead atoms. The van der Waals surface area contributed by atoms with Gasteiger partial charge in [0.2, 0.25) is 0 Å². The Kier molecular flexibility index (Phi) is 5.65. The summed E-state index contributed by atoms with van der Waals surface area (Å²) in [6.45, 7) is 0.444. The van der Waals surface area contributed by atoms with Crippen molar-refractivity contribution in [2.24, 2.45) is 0 Å². The molecular weight excluding hydrogens is 236 g/mol. The zero-order valence-electron chi connectivity index (χ0n) is 9.73. The van der Waals surface area contributed by atoms with E-state index in [0.717, 1.165) is 5.56 Å². The highest BCUT2D eigenvalue weighted by Gasteiger charge is 2.07. The van der Waals surface area contributed by atoms with Gasteiger partial charge in [0.15, 0.2) is 0 Å². The van der Waals surface area contributed by atoms with Gasteiger partial charge in [-0.3, -0.25) is 5.32 Å². The quantitative estimate of drug-likeness (QED) is 0.302. The summed E-state index contributed by atoms with van der Waals surface area (Å²) < 4.78 is 0. The first kappa shape index (κ1) is 13.7. The zero-order chi connectivity index (χ0) is 12.7. The lowest BCUT2D eigenvalue weighted by Gasteiger charge is -2.16. The Hall–Kier alpha value is -1.40. The molecule has 0 radical (unpaired) electrons. The lowest BCUT2D eigenvalue weighted by Crippen LogP contribution is -2.49. The molecule has 5 nitrogen and oxygen atoms in total. The van der Waals surface area contributed by atoms with E-state index in [9.17, 15) is 4.79 Å². The topological polar surface area (TPSA) is 79.2 Å². The fourth-order valence-corrected chi connectivity index (χ4v) is 1.58. The van der Waals surface area contributed by atoms with Crippen LogP contribution in [0, 0.1) is 0 Å². The molecule has 6 heteroatoms. The molecule has 1 aromatic carbocycles. The second-order valence-electron chi connectivity index (χ2n) is 3.60. The highest BCUT2D eigenvalue weighted by molar-refractivity contribution is 7.80. The van der Waals surface area contributed by atoms with E-state index in [2.05, 4.69) is 28.6 Å². The van der Waals surface area contributed by atoms with Crippen molar-refractivity contribution in [3.8, 4) is 0 Å². The number of benzene rings is 1. The highest BCUT2D eigenvalue weighted by atomic mass is 32.1. The average molecular weight is 254 g/mol. The van der Waals surface area contributed by atoms with Crippen LogP contribution in [0.25, 0.3) is 0 Å². The van der Waals surface area contributed by atoms with Crippen molar-refractivity contribution in [2.75, 3.05) is 18.5 Å². The molecule has 5 N–H and O–H groups in total. The molecule has 2 amide bonds. The van der Waals surface area contributed by atoms with Crippen LogP contribution in [0.3, 0.4) is 0 Å². The van der Waals surface area contributed by atoms with Gasteiger partial charge in [0, 0.05) is 18.0 Å². The summed E-state index contributed by atoms with van der Waals surface area (Å²) in [4.78, 5) is 11.5. The number of carbonyl (C=O) groups is 1. The third kappa shape index (κ3) is 4.97. The summed E-state index contributed by atoms with van der Waals surface area (Å²) in [6.07, 6.45) is -0.140. The summed E-state index contributed by atoms with van der Waals surface area (Å²) in [5.74, 6) is 0.530. The van der Waals surface area contributed by atoms with Crippen molar-refractivity contribution < 1.29 is 4.79 Å². The van der Waals surface area contributed by atoms with E-state index >= 15 is 0 Å². The molecule has 1 unspecified atom stereocenters. The highest BCUT2D eigenvalue weighted by Crippen LogP contribution is 2.05. The first-order valence-corrected chi connectivity index (χ1v) is 5.96. The van der Waals surface area contributed by atoms with Gasteiger partial charge in [-0.25, -0.2) is 4.79 Å². The van der Waals surface area contributed by atoms with Gasteiger partial charge in [-0.15, -0.1) is 0 Å². The van der Waals surface area contributed by atoms with Gasteiger partial charge in [0.05, 0.1) is 6.17 Å². The Labute approximate surface area is 107 Å². The van der Waals surface area contributed by atoms with Crippen LogP contribution in [0.5, 0.6) is 0 Å². The second-order valence-corrected chi connectivity index (χ2v) is 3.96. The molecule has 0 aliphatic carbocycles. The number of amides is 2. The predicted molar refractivity (Wildman–Crippen MR) is 72.9 cm³/mol. The molecule has 0 heterocycles. The molecule has 1 rings (SSSR count). The normalized spacial score (nSPS) is 11.9. The van der Waals surface area contributed by atoms with Crippen molar-refractivity contribution in [3.05, 3.63) is 29.8 Å². The lowest BCUT2D eigenvalue weighted by atomic mass is 10.2. The van der Waals surface area contributed by atoms with Gasteiger partial charge in [-0.1, -0.05) is 12.1 Å². The maximum absolute atomic E-state index is 11.5. The molecule has 0 fully saturated rings. The Morgan fingerprint density at radius 1 is 1.53 bits per heavy atom. The molecule has 0 aromatic heterocycles. The maximum atomic E-state index is 11.5. The van der Waals surface area contributed by atoms with Crippen LogP contribution in [0.1, 0.15) is 5.56 Å². The van der Waals surface area contributed by atoms with Crippen LogP contribution in [0.15, 0.2) is 24.3 Å². The molecule has 1 atom stereocenters. The van der Waals surface area contributed by atoms with Crippen LogP contribution in [-0.4, -0.2) is 25.0 Å². The van der Waals surface area contributed by atoms with E-state index < -0.39 is 0 Å². The van der Waals surface area contributed by atoms with Gasteiger partial charge < -0.3 is 16.4 Å². The molecule has 0 spiro atoms. The van der Waals surface area contributed by atoms with Crippen molar-refractivity contribution in [3.63, 3.8) is 0 Å². The number of nitrogen functional groups attached to an aromatic ring is 1. The average Bonchev–Trinajstić information content (AvgIpc) is 2.33. The fraction of sp³-hybridized carbons (Fsp3) is 0.364. The Morgan fingerprint density at radius 2 is 2.29 bits per heavy atom. The van der Waals surface area contributed by atoms with Crippen molar-refractivity contribution in [2.45, 2.75) is 12.7 Å². The van der Waals surface area contributed by atoms with Crippen molar-refractivity contribution >= 4 is 24.3 Å². The number of nitrogens with one attached hydrogen (secondary N) is 3. The van der Waals surface area contributed by atoms with Gasteiger partial charge in [-0.2, -0.15) is 12.6 Å². The van der Waals surface area contributed by atoms with Gasteiger partial charge in [0.25, 0.3) is 0 Å². The van der Waals surface area contributed by atoms with Crippen LogP contribution < -0.4 is 21.7 Å². The summed E-state index contributed by atoms with van der Waals surface area (Å²) in [6, 6.07) is 7.16. The predicted octanol–water partition coefficient (Wildman–Crippen LogP) is 0.543. The third-order valence-electron chi connectivity index (χ3n) is 2.24. The standard InChI is InChI=1S/C11H18N4OS/c1-13-10(7-17)15-11(16)14-6-8-3-2-4-9(12)5-8/h2-5,10,13,17H,6-7,12H2,1H3,(H2,14,15,16). The van der Waals surface area contributed by atoms with Crippen LogP contribution in [0.2, 0.25) is 0 Å². The number of hydrogen-bond donors (Lipinski definition) is 5. The molecule has 94 valence electrons. The summed E-state index contributed by atoms with van der Waals surface area (Å²) in [5, 5.41) is 8.40. The Bertz CT molecular complexity index is 368. The monoisotopic (exact) mass is 254 g/mol. The lowest BCUT2D eigenvalue weighted by molar-refractivity contribution is 0.236. The Balaban J connectivity index is 2.38. The molecular formula is C11H18N4OS. The van der Waals surface area contributed by atoms with Crippen molar-refractivity contribution in [1.82, 2.24) is 16.0 Å². The SMILES string of the molecule is CNC(CS)NC(=O)NCc1cccc(N)c1. The minimum absolute atomic E-state index is 0.140. The number of nitrogens with two attached hydrogens (primary N) is 1. The summed E-state index contributed by atoms with van der Waals surface area (Å²) in [7, 11) is 1.76. The third-order valence-corrected chi connectivity index (χ3v) is 2.61. The second kappa shape index (κ2) is 7.03. The molecule has 0 saturated carbocycles. The molecule has 17 heavy (non-hydrogen) atoms. The van der Waals surface area contributed by atoms with E-state index in [1.54, 1.807) is 7.05 Å². The van der Waals surface area contributed by atoms with Gasteiger partial charge in [-0.05, 0) is 24.7 Å². The fourth-order valence-electron chi connectivity index (χ4n) is 1.30. The molecule has 0 aliphatic rings. The number of thiol groups is 1. The first-order chi connectivity index (χ1) is 8.15. The largest absolute Gasteiger partial charge is 0.399 e. The number of carbonyl (C=O) groups excluding carboxylic acids is 1. The number of anilines is 1. The summed E-state index contributed by atoms with van der Waals surface area (Å²) >= 11 is 4.10. The molecule has 0 saturated heterocycles. The minimum Gasteiger partial charge on any atom is -0.399 e. The van der Waals surface area contributed by atoms with Gasteiger partial charge >= 0.3 is 6.03 Å². The van der Waals surface area contributed by atoms with Crippen molar-refractivity contribution in [1.29, 1.82) is 0 Å². The molecule has 1 aromatic rings. The first-order valence-electron chi connectivity index (χ1n) is 5.32.